The van der Waals surface area contributed by atoms with E-state index in [1.165, 1.54) is 0 Å². The number of rotatable bonds is 0. The number of nitrogens with two attached hydrogens (primary N) is 3. The van der Waals surface area contributed by atoms with E-state index >= 15 is 0 Å². The van der Waals surface area contributed by atoms with Crippen molar-refractivity contribution in [2.75, 3.05) is 0 Å². The van der Waals surface area contributed by atoms with E-state index in [0.29, 0.717) is 0 Å². The molecular weight excluding hydrogens is 422 g/mol. The van der Waals surface area contributed by atoms with Crippen LogP contribution in [0.4, 0.5) is 0 Å². The largest absolute Gasteiger partial charge is 3.00 e. The summed E-state index contributed by atoms with van der Waals surface area (Å²) in [6.45, 7) is 0. The van der Waals surface area contributed by atoms with Gasteiger partial charge in [-0.2, -0.15) is 0 Å². The second kappa shape index (κ2) is 9.96. The van der Waals surface area contributed by atoms with E-state index < -0.39 is 30.9 Å². The van der Waals surface area contributed by atoms with E-state index in [0.717, 1.165) is 0 Å². The molecule has 0 rings (SSSR count). The fraction of sp³-hybridized carbons (Fsp3) is 0. The first kappa shape index (κ1) is 25.7. The van der Waals surface area contributed by atoms with Crippen LogP contribution in [0, 0.1) is 41.7 Å². The first-order chi connectivity index (χ1) is 6.00. The molecule has 0 heterocycles. The molecule has 1 radical (unpaired) electrons. The molecule has 0 amide bonds. The third-order valence-electron chi connectivity index (χ3n) is 0. The molecule has 0 aliphatic carbocycles. The van der Waals surface area contributed by atoms with Crippen LogP contribution in [0.25, 0.3) is 0 Å². The van der Waals surface area contributed by atoms with Crippen molar-refractivity contribution in [1.29, 1.82) is 0 Å². The van der Waals surface area contributed by atoms with Crippen molar-refractivity contribution in [1.82, 2.24) is 0 Å². The van der Waals surface area contributed by atoms with Gasteiger partial charge in [-0.15, -0.1) is 0 Å². The predicted molar refractivity (Wildman–Crippen MR) is 41.7 cm³/mol. The molecule has 0 bridgehead atoms. The molecule has 6 N–H and O–H groups in total. The summed E-state index contributed by atoms with van der Waals surface area (Å²) in [6, 6.07) is 0. The van der Waals surface area contributed by atoms with Crippen LogP contribution < -0.4 is 15.4 Å². The standard InChI is InChI=1S/Ce.3H3NO3S/c;3*1-5(2,3)4/h;3*(H3,1,2,3,4)/q+3;;;/p-3. The third kappa shape index (κ3) is 3010. The Labute approximate surface area is 126 Å². The minimum atomic E-state index is -4.42. The van der Waals surface area contributed by atoms with Crippen molar-refractivity contribution < 1.29 is 80.7 Å². The van der Waals surface area contributed by atoms with Gasteiger partial charge in [-0.3, -0.25) is 0 Å². The van der Waals surface area contributed by atoms with Gasteiger partial charge in [0.1, 0.15) is 0 Å². The van der Waals surface area contributed by atoms with Crippen LogP contribution in [0.15, 0.2) is 0 Å². The smallest absolute Gasteiger partial charge is 0.736 e. The van der Waals surface area contributed by atoms with Crippen LogP contribution in [-0.4, -0.2) is 38.9 Å². The fourth-order valence-corrected chi connectivity index (χ4v) is 0. The third-order valence-corrected chi connectivity index (χ3v) is 0. The van der Waals surface area contributed by atoms with Gasteiger partial charge in [0.05, 0.1) is 0 Å². The maximum atomic E-state index is 8.85. The molecule has 0 saturated carbocycles. The molecule has 0 aliphatic heterocycles. The summed E-state index contributed by atoms with van der Waals surface area (Å²) in [5, 5.41) is 11.3. The first-order valence-electron chi connectivity index (χ1n) is 2.21. The molecule has 0 aromatic carbocycles. The maximum Gasteiger partial charge on any atom is 3.00 e. The summed E-state index contributed by atoms with van der Waals surface area (Å²) in [4.78, 5) is 0. The molecule has 16 heteroatoms. The van der Waals surface area contributed by atoms with E-state index in [1.54, 1.807) is 0 Å². The molecule has 97 valence electrons. The predicted octanol–water partition coefficient (Wildman–Crippen LogP) is -4.78. The van der Waals surface area contributed by atoms with E-state index in [4.69, 9.17) is 38.9 Å². The van der Waals surface area contributed by atoms with E-state index in [9.17, 15) is 0 Å². The Hall–Kier alpha value is 0.987. The van der Waals surface area contributed by atoms with Gasteiger partial charge in [-0.25, -0.2) is 40.7 Å². The molecule has 16 heavy (non-hydrogen) atoms. The van der Waals surface area contributed by atoms with Crippen LogP contribution in [0.2, 0.25) is 0 Å². The molecular formula is H6CeN3O9S3. The van der Waals surface area contributed by atoms with Crippen LogP contribution in [0.3, 0.4) is 0 Å². The molecule has 12 nitrogen and oxygen atoms in total. The minimum Gasteiger partial charge on any atom is -0.736 e. The molecule has 0 spiro atoms. The summed E-state index contributed by atoms with van der Waals surface area (Å²) < 4.78 is 79.7. The van der Waals surface area contributed by atoms with E-state index in [-0.39, 0.29) is 41.7 Å². The zero-order chi connectivity index (χ0) is 13.5. The van der Waals surface area contributed by atoms with Crippen molar-refractivity contribution in [3.8, 4) is 0 Å². The molecule has 0 aromatic heterocycles. The molecule has 0 aliphatic rings. The van der Waals surface area contributed by atoms with E-state index in [2.05, 4.69) is 15.4 Å². The van der Waals surface area contributed by atoms with Crippen molar-refractivity contribution in [2.45, 2.75) is 0 Å². The fourth-order valence-electron chi connectivity index (χ4n) is 0. The Morgan fingerprint density at radius 2 is 0.562 bits per heavy atom. The Balaban J connectivity index is -0.0000000655. The average molecular weight is 428 g/mol. The normalized spacial score (nSPS) is 10.9. The first-order valence-corrected chi connectivity index (χ1v) is 6.62. The van der Waals surface area contributed by atoms with Gasteiger partial charge in [-0.05, 0) is 0 Å². The Kier molecular flexibility index (Phi) is 16.0. The van der Waals surface area contributed by atoms with Gasteiger partial charge >= 0.3 is 41.7 Å². The molecule has 0 fully saturated rings. The van der Waals surface area contributed by atoms with Crippen molar-refractivity contribution in [2.24, 2.45) is 15.4 Å². The van der Waals surface area contributed by atoms with Gasteiger partial charge < -0.3 is 13.7 Å². The Morgan fingerprint density at radius 3 is 0.562 bits per heavy atom. The minimum absolute atomic E-state index is 0. The molecule has 0 atom stereocenters. The second-order valence-electron chi connectivity index (χ2n) is 1.48. The monoisotopic (exact) mass is 428 g/mol. The Bertz CT molecular complexity index is 347. The number of hydrogen-bond acceptors (Lipinski definition) is 9. The summed E-state index contributed by atoms with van der Waals surface area (Å²) in [5.74, 6) is 0. The van der Waals surface area contributed by atoms with Crippen LogP contribution in [-0.2, 0) is 30.9 Å². The summed E-state index contributed by atoms with van der Waals surface area (Å²) >= 11 is 0. The van der Waals surface area contributed by atoms with Gasteiger partial charge in [0.2, 0.25) is 0 Å². The number of hydrogen-bond donors (Lipinski definition) is 3. The van der Waals surface area contributed by atoms with Gasteiger partial charge in [0, 0.05) is 0 Å². The topological polar surface area (TPSA) is 250 Å². The molecule has 0 saturated heterocycles. The van der Waals surface area contributed by atoms with E-state index in [1.807, 2.05) is 0 Å². The quantitative estimate of drug-likeness (QED) is 0.312. The van der Waals surface area contributed by atoms with Gasteiger partial charge in [0.15, 0.2) is 30.9 Å². The zero-order valence-corrected chi connectivity index (χ0v) is 12.7. The van der Waals surface area contributed by atoms with Gasteiger partial charge in [0.25, 0.3) is 0 Å². The van der Waals surface area contributed by atoms with Crippen LogP contribution in [0.5, 0.6) is 0 Å². The zero-order valence-electron chi connectivity index (χ0n) is 7.13. The Morgan fingerprint density at radius 1 is 0.562 bits per heavy atom. The van der Waals surface area contributed by atoms with Crippen LogP contribution in [0.1, 0.15) is 0 Å². The van der Waals surface area contributed by atoms with Gasteiger partial charge in [-0.1, -0.05) is 0 Å². The molecule has 0 unspecified atom stereocenters. The van der Waals surface area contributed by atoms with Crippen molar-refractivity contribution >= 4 is 30.9 Å². The van der Waals surface area contributed by atoms with Crippen molar-refractivity contribution in [3.63, 3.8) is 0 Å². The van der Waals surface area contributed by atoms with Crippen molar-refractivity contribution in [3.05, 3.63) is 0 Å². The molecule has 0 aromatic rings. The average Bonchev–Trinajstić information content (AvgIpc) is 1.41. The second-order valence-corrected chi connectivity index (χ2v) is 4.44. The summed E-state index contributed by atoms with van der Waals surface area (Å²) in [7, 11) is -13.2. The summed E-state index contributed by atoms with van der Waals surface area (Å²) in [5.41, 5.74) is 0. The van der Waals surface area contributed by atoms with Crippen LogP contribution >= 0.6 is 0 Å². The summed E-state index contributed by atoms with van der Waals surface area (Å²) in [6.07, 6.45) is 0. The maximum absolute atomic E-state index is 8.85. The SMILES string of the molecule is NS(=O)(=O)[O-].NS(=O)(=O)[O-].NS(=O)(=O)[O-].[Ce+3].